The molecule has 4 nitrogen and oxygen atoms in total. The van der Waals surface area contributed by atoms with Gasteiger partial charge in [0.2, 0.25) is 5.91 Å². The molecule has 0 saturated heterocycles. The summed E-state index contributed by atoms with van der Waals surface area (Å²) in [7, 11) is 3.81. The van der Waals surface area contributed by atoms with Crippen LogP contribution in [0.2, 0.25) is 0 Å². The largest absolute Gasteiger partial charge is 0.341 e. The van der Waals surface area contributed by atoms with Gasteiger partial charge in [-0.15, -0.1) is 0 Å². The molecule has 3 rings (SSSR count). The number of hydrogen-bond acceptors (Lipinski definition) is 2. The first-order chi connectivity index (χ1) is 13.0. The lowest BCUT2D eigenvalue weighted by Gasteiger charge is -2.17. The van der Waals surface area contributed by atoms with Crippen LogP contribution in [0.15, 0.2) is 54.6 Å². The third kappa shape index (κ3) is 4.45. The monoisotopic (exact) mass is 361 g/mol. The summed E-state index contributed by atoms with van der Waals surface area (Å²) in [5.74, 6) is 0.157. The molecule has 4 heteroatoms. The van der Waals surface area contributed by atoms with Crippen LogP contribution in [0.5, 0.6) is 0 Å². The summed E-state index contributed by atoms with van der Waals surface area (Å²) in [6.45, 7) is 4.68. The van der Waals surface area contributed by atoms with E-state index in [0.29, 0.717) is 13.0 Å². The van der Waals surface area contributed by atoms with Gasteiger partial charge in [0, 0.05) is 32.8 Å². The summed E-state index contributed by atoms with van der Waals surface area (Å²) < 4.78 is 1.88. The van der Waals surface area contributed by atoms with Gasteiger partial charge in [-0.1, -0.05) is 54.6 Å². The van der Waals surface area contributed by atoms with Gasteiger partial charge in [-0.2, -0.15) is 5.10 Å². The Balaban J connectivity index is 1.58. The van der Waals surface area contributed by atoms with Gasteiger partial charge < -0.3 is 4.90 Å². The summed E-state index contributed by atoms with van der Waals surface area (Å²) >= 11 is 0. The number of carbonyl (C=O) groups excluding carboxylic acids is 1. The molecule has 0 bridgehead atoms. The van der Waals surface area contributed by atoms with Crippen molar-refractivity contribution in [3.05, 3.63) is 77.1 Å². The first kappa shape index (κ1) is 18.9. The number of hydrogen-bond donors (Lipinski definition) is 0. The predicted octanol–water partition coefficient (Wildman–Crippen LogP) is 4.30. The molecule has 27 heavy (non-hydrogen) atoms. The quantitative estimate of drug-likeness (QED) is 0.657. The minimum absolute atomic E-state index is 0.157. The van der Waals surface area contributed by atoms with Gasteiger partial charge in [0.15, 0.2) is 0 Å². The first-order valence-corrected chi connectivity index (χ1v) is 9.33. The average molecular weight is 361 g/mol. The topological polar surface area (TPSA) is 38.1 Å². The van der Waals surface area contributed by atoms with E-state index in [-0.39, 0.29) is 5.91 Å². The second kappa shape index (κ2) is 8.21. The van der Waals surface area contributed by atoms with Crippen molar-refractivity contribution >= 4 is 5.91 Å². The number of aromatic nitrogens is 2. The zero-order valence-corrected chi connectivity index (χ0v) is 16.6. The molecule has 1 aromatic heterocycles. The molecular weight excluding hydrogens is 334 g/mol. The molecule has 0 radical (unpaired) electrons. The number of amides is 1. The van der Waals surface area contributed by atoms with E-state index in [4.69, 9.17) is 0 Å². The molecule has 0 atom stereocenters. The normalized spacial score (nSPS) is 10.8. The Kier molecular flexibility index (Phi) is 5.75. The Morgan fingerprint density at radius 1 is 1.00 bits per heavy atom. The average Bonchev–Trinajstić information content (AvgIpc) is 2.92. The summed E-state index contributed by atoms with van der Waals surface area (Å²) in [6.07, 6.45) is 1.24. The van der Waals surface area contributed by atoms with Crippen LogP contribution < -0.4 is 0 Å². The maximum absolute atomic E-state index is 12.5. The van der Waals surface area contributed by atoms with E-state index in [0.717, 1.165) is 23.4 Å². The standard InChI is InChI=1S/C23H27N3O/c1-17-22(18(2)26(4)24-17)14-15-23(27)25(3)16-19-10-12-21(13-11-19)20-8-6-5-7-9-20/h5-13H,14-16H2,1-4H3. The fourth-order valence-electron chi connectivity index (χ4n) is 3.40. The maximum atomic E-state index is 12.5. The van der Waals surface area contributed by atoms with Gasteiger partial charge in [0.25, 0.3) is 0 Å². The van der Waals surface area contributed by atoms with Gasteiger partial charge in [-0.05, 0) is 42.5 Å². The molecule has 1 amide bonds. The molecule has 3 aromatic rings. The van der Waals surface area contributed by atoms with Crippen LogP contribution in [-0.4, -0.2) is 27.6 Å². The zero-order valence-electron chi connectivity index (χ0n) is 16.6. The van der Waals surface area contributed by atoms with Crippen molar-refractivity contribution in [2.45, 2.75) is 33.2 Å². The summed E-state index contributed by atoms with van der Waals surface area (Å²) in [4.78, 5) is 14.3. The van der Waals surface area contributed by atoms with Crippen molar-refractivity contribution in [2.24, 2.45) is 7.05 Å². The molecule has 1 heterocycles. The minimum Gasteiger partial charge on any atom is -0.341 e. The number of carbonyl (C=O) groups is 1. The maximum Gasteiger partial charge on any atom is 0.222 e. The van der Waals surface area contributed by atoms with Gasteiger partial charge in [-0.3, -0.25) is 9.48 Å². The van der Waals surface area contributed by atoms with Crippen molar-refractivity contribution in [3.8, 4) is 11.1 Å². The molecule has 0 aliphatic rings. The lowest BCUT2D eigenvalue weighted by Crippen LogP contribution is -2.26. The molecule has 0 saturated carbocycles. The summed E-state index contributed by atoms with van der Waals surface area (Å²) in [5, 5.41) is 4.43. The molecule has 0 spiro atoms. The predicted molar refractivity (Wildman–Crippen MR) is 109 cm³/mol. The number of nitrogens with zero attached hydrogens (tertiary/aromatic N) is 3. The van der Waals surface area contributed by atoms with E-state index in [1.807, 2.05) is 43.9 Å². The van der Waals surface area contributed by atoms with Gasteiger partial charge in [-0.25, -0.2) is 0 Å². The number of rotatable bonds is 6. The van der Waals surface area contributed by atoms with Crippen LogP contribution in [0.3, 0.4) is 0 Å². The van der Waals surface area contributed by atoms with Crippen LogP contribution in [0.25, 0.3) is 11.1 Å². The van der Waals surface area contributed by atoms with Gasteiger partial charge in [0.1, 0.15) is 0 Å². The highest BCUT2D eigenvalue weighted by Crippen LogP contribution is 2.20. The Hall–Kier alpha value is -2.88. The van der Waals surface area contributed by atoms with Crippen LogP contribution in [0.4, 0.5) is 0 Å². The fraction of sp³-hybridized carbons (Fsp3) is 0.304. The second-order valence-corrected chi connectivity index (χ2v) is 7.09. The van der Waals surface area contributed by atoms with Crippen LogP contribution in [0.1, 0.15) is 28.9 Å². The van der Waals surface area contributed by atoms with E-state index in [2.05, 4.69) is 48.4 Å². The van der Waals surface area contributed by atoms with Crippen molar-refractivity contribution < 1.29 is 4.79 Å². The third-order valence-electron chi connectivity index (χ3n) is 5.15. The molecule has 0 aliphatic carbocycles. The number of benzene rings is 2. The Bertz CT molecular complexity index is 911. The van der Waals surface area contributed by atoms with Gasteiger partial charge >= 0.3 is 0 Å². The lowest BCUT2D eigenvalue weighted by molar-refractivity contribution is -0.130. The Labute approximate surface area is 161 Å². The number of aryl methyl sites for hydroxylation is 2. The molecule has 0 fully saturated rings. The summed E-state index contributed by atoms with van der Waals surface area (Å²) in [5.41, 5.74) is 6.87. The van der Waals surface area contributed by atoms with Crippen molar-refractivity contribution in [1.29, 1.82) is 0 Å². The Morgan fingerprint density at radius 3 is 2.22 bits per heavy atom. The molecular formula is C23H27N3O. The van der Waals surface area contributed by atoms with Crippen LogP contribution in [0, 0.1) is 13.8 Å². The zero-order chi connectivity index (χ0) is 19.4. The molecule has 2 aromatic carbocycles. The highest BCUT2D eigenvalue weighted by molar-refractivity contribution is 5.76. The smallest absolute Gasteiger partial charge is 0.222 e. The first-order valence-electron chi connectivity index (χ1n) is 9.33. The Morgan fingerprint density at radius 2 is 1.63 bits per heavy atom. The molecule has 140 valence electrons. The highest BCUT2D eigenvalue weighted by Gasteiger charge is 2.14. The fourth-order valence-corrected chi connectivity index (χ4v) is 3.40. The van der Waals surface area contributed by atoms with E-state index < -0.39 is 0 Å². The van der Waals surface area contributed by atoms with Crippen molar-refractivity contribution in [3.63, 3.8) is 0 Å². The third-order valence-corrected chi connectivity index (χ3v) is 5.15. The van der Waals surface area contributed by atoms with Crippen LogP contribution in [-0.2, 0) is 24.8 Å². The minimum atomic E-state index is 0.157. The van der Waals surface area contributed by atoms with E-state index in [1.165, 1.54) is 16.7 Å². The van der Waals surface area contributed by atoms with E-state index >= 15 is 0 Å². The molecule has 0 N–H and O–H groups in total. The molecule has 0 aliphatic heterocycles. The van der Waals surface area contributed by atoms with Crippen molar-refractivity contribution in [1.82, 2.24) is 14.7 Å². The summed E-state index contributed by atoms with van der Waals surface area (Å²) in [6, 6.07) is 18.7. The second-order valence-electron chi connectivity index (χ2n) is 7.09. The van der Waals surface area contributed by atoms with E-state index in [1.54, 1.807) is 4.90 Å². The van der Waals surface area contributed by atoms with Gasteiger partial charge in [0.05, 0.1) is 5.69 Å². The van der Waals surface area contributed by atoms with Crippen molar-refractivity contribution in [2.75, 3.05) is 7.05 Å². The van der Waals surface area contributed by atoms with E-state index in [9.17, 15) is 4.79 Å². The highest BCUT2D eigenvalue weighted by atomic mass is 16.2. The van der Waals surface area contributed by atoms with Crippen LogP contribution >= 0.6 is 0 Å². The molecule has 0 unspecified atom stereocenters. The SMILES string of the molecule is Cc1nn(C)c(C)c1CCC(=O)N(C)Cc1ccc(-c2ccccc2)cc1. The lowest BCUT2D eigenvalue weighted by atomic mass is 10.0.